The fourth-order valence-corrected chi connectivity index (χ4v) is 3.81. The van der Waals surface area contributed by atoms with E-state index in [0.29, 0.717) is 13.1 Å². The number of benzene rings is 1. The Kier molecular flexibility index (Phi) is 3.27. The predicted molar refractivity (Wildman–Crippen MR) is 77.6 cm³/mol. The Balaban J connectivity index is 1.88. The first-order chi connectivity index (χ1) is 9.50. The molecule has 0 unspecified atom stereocenters. The van der Waals surface area contributed by atoms with Gasteiger partial charge < -0.3 is 4.57 Å². The normalized spacial score (nSPS) is 21.1. The van der Waals surface area contributed by atoms with Gasteiger partial charge in [0.1, 0.15) is 0 Å². The molecule has 0 N–H and O–H groups in total. The molecule has 1 fully saturated rings. The summed E-state index contributed by atoms with van der Waals surface area (Å²) in [7, 11) is -0.191. The number of nitrogens with zero attached hydrogens (tertiary/aromatic N) is 4. The van der Waals surface area contributed by atoms with Crippen LogP contribution in [0.25, 0.3) is 11.0 Å². The van der Waals surface area contributed by atoms with E-state index in [0.717, 1.165) is 17.5 Å². The lowest BCUT2D eigenvalue weighted by atomic mass is 10.2. The first-order valence-electron chi connectivity index (χ1n) is 6.59. The van der Waals surface area contributed by atoms with E-state index in [-0.39, 0.29) is 6.04 Å². The van der Waals surface area contributed by atoms with E-state index in [2.05, 4.69) is 9.55 Å². The van der Waals surface area contributed by atoms with Crippen molar-refractivity contribution in [1.82, 2.24) is 18.2 Å². The molecule has 1 saturated heterocycles. The summed E-state index contributed by atoms with van der Waals surface area (Å²) in [4.78, 5) is 4.37. The Hall–Kier alpha value is -1.44. The van der Waals surface area contributed by atoms with Gasteiger partial charge in [-0.2, -0.15) is 17.0 Å². The molecule has 2 aromatic rings. The van der Waals surface area contributed by atoms with Crippen LogP contribution in [-0.2, 0) is 10.2 Å². The van der Waals surface area contributed by atoms with Gasteiger partial charge in [0.25, 0.3) is 10.2 Å². The lowest BCUT2D eigenvalue weighted by Crippen LogP contribution is -2.38. The lowest BCUT2D eigenvalue weighted by molar-refractivity contribution is 0.409. The smallest absolute Gasteiger partial charge is 0.281 e. The molecule has 0 aliphatic carbocycles. The second-order valence-electron chi connectivity index (χ2n) is 5.23. The van der Waals surface area contributed by atoms with Gasteiger partial charge in [0.15, 0.2) is 0 Å². The van der Waals surface area contributed by atoms with Crippen molar-refractivity contribution < 1.29 is 8.42 Å². The maximum absolute atomic E-state index is 12.1. The topological polar surface area (TPSA) is 58.4 Å². The van der Waals surface area contributed by atoms with E-state index in [1.54, 1.807) is 20.4 Å². The van der Waals surface area contributed by atoms with Crippen molar-refractivity contribution in [1.29, 1.82) is 0 Å². The van der Waals surface area contributed by atoms with Gasteiger partial charge >= 0.3 is 0 Å². The van der Waals surface area contributed by atoms with Crippen LogP contribution in [-0.4, -0.2) is 53.8 Å². The molecule has 1 aliphatic heterocycles. The molecule has 1 aromatic carbocycles. The predicted octanol–water partition coefficient (Wildman–Crippen LogP) is 1.09. The van der Waals surface area contributed by atoms with Gasteiger partial charge in [-0.05, 0) is 18.6 Å². The third-order valence-corrected chi connectivity index (χ3v) is 5.70. The fraction of sp³-hybridized carbons (Fsp3) is 0.462. The quantitative estimate of drug-likeness (QED) is 0.851. The summed E-state index contributed by atoms with van der Waals surface area (Å²) in [6.45, 7) is 1.05. The molecule has 1 aromatic heterocycles. The zero-order chi connectivity index (χ0) is 14.3. The number of aromatic nitrogens is 2. The Morgan fingerprint density at radius 3 is 2.80 bits per heavy atom. The van der Waals surface area contributed by atoms with Crippen LogP contribution in [0.3, 0.4) is 0 Å². The maximum Gasteiger partial charge on any atom is 0.281 e. The highest BCUT2D eigenvalue weighted by molar-refractivity contribution is 7.86. The van der Waals surface area contributed by atoms with Crippen LogP contribution >= 0.6 is 0 Å². The van der Waals surface area contributed by atoms with Crippen LogP contribution in [0.1, 0.15) is 12.5 Å². The van der Waals surface area contributed by atoms with Crippen LogP contribution < -0.4 is 0 Å². The van der Waals surface area contributed by atoms with Crippen LogP contribution in [0.5, 0.6) is 0 Å². The van der Waals surface area contributed by atoms with Gasteiger partial charge in [0.05, 0.1) is 23.4 Å². The molecule has 0 saturated carbocycles. The summed E-state index contributed by atoms with van der Waals surface area (Å²) in [5.74, 6) is 0. The minimum Gasteiger partial charge on any atom is -0.326 e. The van der Waals surface area contributed by atoms with Gasteiger partial charge in [-0.1, -0.05) is 12.1 Å². The number of hydrogen-bond donors (Lipinski definition) is 0. The molecule has 0 bridgehead atoms. The molecule has 0 spiro atoms. The second-order valence-corrected chi connectivity index (χ2v) is 7.37. The van der Waals surface area contributed by atoms with Crippen LogP contribution in [0.4, 0.5) is 0 Å². The summed E-state index contributed by atoms with van der Waals surface area (Å²) >= 11 is 0. The van der Waals surface area contributed by atoms with Crippen molar-refractivity contribution in [3.05, 3.63) is 30.6 Å². The highest BCUT2D eigenvalue weighted by Crippen LogP contribution is 2.27. The minimum atomic E-state index is -3.32. The molecule has 6 nitrogen and oxygen atoms in total. The third-order valence-electron chi connectivity index (χ3n) is 3.79. The van der Waals surface area contributed by atoms with Crippen molar-refractivity contribution in [3.63, 3.8) is 0 Å². The zero-order valence-corrected chi connectivity index (χ0v) is 12.4. The Labute approximate surface area is 118 Å². The highest BCUT2D eigenvalue weighted by atomic mass is 32.2. The molecule has 7 heteroatoms. The van der Waals surface area contributed by atoms with E-state index < -0.39 is 10.2 Å². The molecular formula is C13H18N4O2S. The van der Waals surface area contributed by atoms with E-state index >= 15 is 0 Å². The lowest BCUT2D eigenvalue weighted by Gasteiger charge is -2.21. The molecule has 108 valence electrons. The van der Waals surface area contributed by atoms with Crippen molar-refractivity contribution in [3.8, 4) is 0 Å². The maximum atomic E-state index is 12.1. The standard InChI is InChI=1S/C13H18N4O2S/c1-15(2)20(18,19)16-8-7-11(9-16)17-10-14-12-5-3-4-6-13(12)17/h3-6,10-11H,7-9H2,1-2H3/t11-/m0/s1. The van der Waals surface area contributed by atoms with Crippen molar-refractivity contribution in [2.45, 2.75) is 12.5 Å². The first kappa shape index (κ1) is 13.5. The van der Waals surface area contributed by atoms with Crippen LogP contribution in [0, 0.1) is 0 Å². The van der Waals surface area contributed by atoms with Gasteiger partial charge in [-0.3, -0.25) is 0 Å². The molecule has 1 atom stereocenters. The van der Waals surface area contributed by atoms with E-state index in [1.807, 2.05) is 24.3 Å². The average molecular weight is 294 g/mol. The Morgan fingerprint density at radius 2 is 2.05 bits per heavy atom. The van der Waals surface area contributed by atoms with Crippen molar-refractivity contribution in [2.24, 2.45) is 0 Å². The molecule has 0 radical (unpaired) electrons. The molecule has 3 rings (SSSR count). The summed E-state index contributed by atoms with van der Waals surface area (Å²) in [6, 6.07) is 8.07. The van der Waals surface area contributed by atoms with E-state index in [4.69, 9.17) is 0 Å². The average Bonchev–Trinajstić information content (AvgIpc) is 3.04. The Bertz CT molecular complexity index is 723. The monoisotopic (exact) mass is 294 g/mol. The van der Waals surface area contributed by atoms with Crippen LogP contribution in [0.15, 0.2) is 30.6 Å². The van der Waals surface area contributed by atoms with Crippen molar-refractivity contribution >= 4 is 21.2 Å². The zero-order valence-electron chi connectivity index (χ0n) is 11.6. The molecule has 1 aliphatic rings. The summed E-state index contributed by atoms with van der Waals surface area (Å²) in [5, 5.41) is 0. The fourth-order valence-electron chi connectivity index (χ4n) is 2.65. The third kappa shape index (κ3) is 2.11. The number of fused-ring (bicyclic) bond motifs is 1. The van der Waals surface area contributed by atoms with Gasteiger partial charge in [0, 0.05) is 27.2 Å². The summed E-state index contributed by atoms with van der Waals surface area (Å²) in [5.41, 5.74) is 2.00. The van der Waals surface area contributed by atoms with E-state index in [1.165, 1.54) is 8.61 Å². The van der Waals surface area contributed by atoms with E-state index in [9.17, 15) is 8.42 Å². The number of imidazole rings is 1. The second kappa shape index (κ2) is 4.83. The number of hydrogen-bond acceptors (Lipinski definition) is 3. The molecule has 20 heavy (non-hydrogen) atoms. The first-order valence-corrected chi connectivity index (χ1v) is 7.99. The van der Waals surface area contributed by atoms with Crippen molar-refractivity contribution in [2.75, 3.05) is 27.2 Å². The molecular weight excluding hydrogens is 276 g/mol. The summed E-state index contributed by atoms with van der Waals surface area (Å²) in [6.07, 6.45) is 2.62. The number of rotatable bonds is 3. The van der Waals surface area contributed by atoms with Gasteiger partial charge in [-0.25, -0.2) is 4.98 Å². The summed E-state index contributed by atoms with van der Waals surface area (Å²) < 4.78 is 29.2. The minimum absolute atomic E-state index is 0.150. The van der Waals surface area contributed by atoms with Gasteiger partial charge in [0.2, 0.25) is 0 Å². The number of para-hydroxylation sites is 2. The SMILES string of the molecule is CN(C)S(=O)(=O)N1CC[C@H](n2cnc3ccccc32)C1. The highest BCUT2D eigenvalue weighted by Gasteiger charge is 2.33. The molecule has 0 amide bonds. The molecule has 2 heterocycles. The van der Waals surface area contributed by atoms with Gasteiger partial charge in [-0.15, -0.1) is 0 Å². The van der Waals surface area contributed by atoms with Crippen LogP contribution in [0.2, 0.25) is 0 Å². The largest absolute Gasteiger partial charge is 0.326 e. The Morgan fingerprint density at radius 1 is 1.30 bits per heavy atom.